The molecule has 4 nitrogen and oxygen atoms in total. The zero-order valence-electron chi connectivity index (χ0n) is 11.9. The van der Waals surface area contributed by atoms with Crippen LogP contribution in [0.5, 0.6) is 5.75 Å². The Kier molecular flexibility index (Phi) is 4.70. The highest BCUT2D eigenvalue weighted by atomic mass is 35.5. The first kappa shape index (κ1) is 15.2. The van der Waals surface area contributed by atoms with Crippen molar-refractivity contribution in [1.29, 1.82) is 0 Å². The van der Waals surface area contributed by atoms with Crippen LogP contribution in [-0.4, -0.2) is 23.1 Å². The SMILES string of the molecule is CC(c1ccc(O)cc1)N(C)C(=O)Nc1ccc(Cl)cc1. The van der Waals surface area contributed by atoms with Gasteiger partial charge in [-0.25, -0.2) is 4.79 Å². The first-order chi connectivity index (χ1) is 9.97. The number of hydrogen-bond acceptors (Lipinski definition) is 2. The number of phenols is 1. The maximum Gasteiger partial charge on any atom is 0.322 e. The van der Waals surface area contributed by atoms with Crippen LogP contribution < -0.4 is 5.32 Å². The Morgan fingerprint density at radius 1 is 1.14 bits per heavy atom. The van der Waals surface area contributed by atoms with E-state index in [1.807, 2.05) is 6.92 Å². The largest absolute Gasteiger partial charge is 0.508 e. The molecule has 1 unspecified atom stereocenters. The fraction of sp³-hybridized carbons (Fsp3) is 0.188. The summed E-state index contributed by atoms with van der Waals surface area (Å²) in [7, 11) is 1.72. The van der Waals surface area contributed by atoms with Crippen LogP contribution >= 0.6 is 11.6 Å². The van der Waals surface area contributed by atoms with Gasteiger partial charge in [0.25, 0.3) is 0 Å². The van der Waals surface area contributed by atoms with E-state index >= 15 is 0 Å². The van der Waals surface area contributed by atoms with Gasteiger partial charge in [0.05, 0.1) is 6.04 Å². The smallest absolute Gasteiger partial charge is 0.322 e. The van der Waals surface area contributed by atoms with Gasteiger partial charge in [-0.05, 0) is 48.9 Å². The quantitative estimate of drug-likeness (QED) is 0.889. The van der Waals surface area contributed by atoms with Crippen LogP contribution in [0, 0.1) is 0 Å². The number of halogens is 1. The highest BCUT2D eigenvalue weighted by molar-refractivity contribution is 6.30. The molecule has 0 aliphatic carbocycles. The van der Waals surface area contributed by atoms with Crippen LogP contribution in [0.1, 0.15) is 18.5 Å². The van der Waals surface area contributed by atoms with Gasteiger partial charge in [-0.3, -0.25) is 0 Å². The van der Waals surface area contributed by atoms with E-state index < -0.39 is 0 Å². The fourth-order valence-electron chi connectivity index (χ4n) is 1.90. The summed E-state index contributed by atoms with van der Waals surface area (Å²) in [6.07, 6.45) is 0. The minimum absolute atomic E-state index is 0.113. The molecule has 2 N–H and O–H groups in total. The van der Waals surface area contributed by atoms with Gasteiger partial charge in [-0.1, -0.05) is 23.7 Å². The molecule has 0 radical (unpaired) electrons. The second-order valence-corrected chi connectivity index (χ2v) is 5.25. The van der Waals surface area contributed by atoms with Crippen molar-refractivity contribution in [2.24, 2.45) is 0 Å². The van der Waals surface area contributed by atoms with Crippen molar-refractivity contribution in [3.8, 4) is 5.75 Å². The van der Waals surface area contributed by atoms with Gasteiger partial charge >= 0.3 is 6.03 Å². The number of aromatic hydroxyl groups is 1. The summed E-state index contributed by atoms with van der Waals surface area (Å²) in [4.78, 5) is 13.8. The molecule has 0 fully saturated rings. The molecule has 5 heteroatoms. The van der Waals surface area contributed by atoms with E-state index in [0.717, 1.165) is 5.56 Å². The number of anilines is 1. The molecule has 0 saturated carbocycles. The second-order valence-electron chi connectivity index (χ2n) is 4.82. The lowest BCUT2D eigenvalue weighted by Gasteiger charge is -2.25. The Balaban J connectivity index is 2.04. The summed E-state index contributed by atoms with van der Waals surface area (Å²) < 4.78 is 0. The summed E-state index contributed by atoms with van der Waals surface area (Å²) in [6.45, 7) is 1.92. The van der Waals surface area contributed by atoms with Crippen molar-refractivity contribution in [2.45, 2.75) is 13.0 Å². The fourth-order valence-corrected chi connectivity index (χ4v) is 2.02. The molecule has 0 bridgehead atoms. The maximum atomic E-state index is 12.2. The Morgan fingerprint density at radius 2 is 1.71 bits per heavy atom. The maximum absolute atomic E-state index is 12.2. The third-order valence-electron chi connectivity index (χ3n) is 3.37. The molecule has 2 aromatic carbocycles. The number of benzene rings is 2. The van der Waals surface area contributed by atoms with Crippen LogP contribution in [0.4, 0.5) is 10.5 Å². The summed E-state index contributed by atoms with van der Waals surface area (Å²) in [5.74, 6) is 0.208. The predicted octanol–water partition coefficient (Wildman–Crippen LogP) is 4.27. The van der Waals surface area contributed by atoms with Gasteiger partial charge in [-0.2, -0.15) is 0 Å². The van der Waals surface area contributed by atoms with Crippen LogP contribution in [0.2, 0.25) is 5.02 Å². The van der Waals surface area contributed by atoms with E-state index in [1.165, 1.54) is 0 Å². The first-order valence-electron chi connectivity index (χ1n) is 6.55. The third-order valence-corrected chi connectivity index (χ3v) is 3.62. The zero-order valence-corrected chi connectivity index (χ0v) is 12.6. The average molecular weight is 305 g/mol. The molecule has 2 amide bonds. The normalized spacial score (nSPS) is 11.8. The molecule has 0 saturated heterocycles. The topological polar surface area (TPSA) is 52.6 Å². The third kappa shape index (κ3) is 3.89. The van der Waals surface area contributed by atoms with Gasteiger partial charge in [0.2, 0.25) is 0 Å². The lowest BCUT2D eigenvalue weighted by atomic mass is 10.1. The van der Waals surface area contributed by atoms with Crippen molar-refractivity contribution >= 4 is 23.3 Å². The molecule has 110 valence electrons. The van der Waals surface area contributed by atoms with Crippen molar-refractivity contribution in [3.05, 3.63) is 59.1 Å². The predicted molar refractivity (Wildman–Crippen MR) is 84.8 cm³/mol. The van der Waals surface area contributed by atoms with Crippen molar-refractivity contribution in [2.75, 3.05) is 12.4 Å². The van der Waals surface area contributed by atoms with E-state index in [-0.39, 0.29) is 17.8 Å². The Labute approximate surface area is 129 Å². The first-order valence-corrected chi connectivity index (χ1v) is 6.93. The minimum atomic E-state index is -0.210. The molecule has 0 aliphatic rings. The summed E-state index contributed by atoms with van der Waals surface area (Å²) >= 11 is 5.81. The van der Waals surface area contributed by atoms with Gasteiger partial charge in [0.15, 0.2) is 0 Å². The van der Waals surface area contributed by atoms with Gasteiger partial charge in [0, 0.05) is 17.8 Å². The van der Waals surface area contributed by atoms with E-state index in [0.29, 0.717) is 10.7 Å². The number of rotatable bonds is 3. The van der Waals surface area contributed by atoms with Crippen molar-refractivity contribution in [1.82, 2.24) is 4.90 Å². The molecule has 0 aliphatic heterocycles. The van der Waals surface area contributed by atoms with Gasteiger partial charge < -0.3 is 15.3 Å². The van der Waals surface area contributed by atoms with E-state index in [9.17, 15) is 9.90 Å². The number of carbonyl (C=O) groups excluding carboxylic acids is 1. The number of amides is 2. The molecule has 21 heavy (non-hydrogen) atoms. The number of carbonyl (C=O) groups is 1. The summed E-state index contributed by atoms with van der Waals surface area (Å²) in [5.41, 5.74) is 1.63. The lowest BCUT2D eigenvalue weighted by molar-refractivity contribution is 0.208. The number of nitrogens with one attached hydrogen (secondary N) is 1. The van der Waals surface area contributed by atoms with Gasteiger partial charge in [-0.15, -0.1) is 0 Å². The zero-order chi connectivity index (χ0) is 15.4. The molecule has 2 rings (SSSR count). The molecule has 2 aromatic rings. The lowest BCUT2D eigenvalue weighted by Crippen LogP contribution is -2.33. The Morgan fingerprint density at radius 3 is 2.29 bits per heavy atom. The second kappa shape index (κ2) is 6.50. The van der Waals surface area contributed by atoms with Crippen molar-refractivity contribution in [3.63, 3.8) is 0 Å². The van der Waals surface area contributed by atoms with Crippen LogP contribution in [0.15, 0.2) is 48.5 Å². The number of hydrogen-bond donors (Lipinski definition) is 2. The van der Waals surface area contributed by atoms with Crippen LogP contribution in [0.25, 0.3) is 0 Å². The number of urea groups is 1. The van der Waals surface area contributed by atoms with E-state index in [2.05, 4.69) is 5.32 Å². The standard InChI is InChI=1S/C16H17ClN2O2/c1-11(12-3-9-15(20)10-4-12)19(2)16(21)18-14-7-5-13(17)6-8-14/h3-11,20H,1-2H3,(H,18,21). The highest BCUT2D eigenvalue weighted by Crippen LogP contribution is 2.22. The average Bonchev–Trinajstić information content (AvgIpc) is 2.49. The molecule has 1 atom stereocenters. The molecule has 0 heterocycles. The van der Waals surface area contributed by atoms with Crippen molar-refractivity contribution < 1.29 is 9.90 Å². The molecular weight excluding hydrogens is 288 g/mol. The van der Waals surface area contributed by atoms with E-state index in [4.69, 9.17) is 11.6 Å². The Hall–Kier alpha value is -2.20. The molecule has 0 spiro atoms. The number of nitrogens with zero attached hydrogens (tertiary/aromatic N) is 1. The monoisotopic (exact) mass is 304 g/mol. The van der Waals surface area contributed by atoms with Crippen LogP contribution in [0.3, 0.4) is 0 Å². The van der Waals surface area contributed by atoms with Gasteiger partial charge in [0.1, 0.15) is 5.75 Å². The molecular formula is C16H17ClN2O2. The number of phenolic OH excluding ortho intramolecular Hbond substituents is 1. The summed E-state index contributed by atoms with van der Waals surface area (Å²) in [6, 6.07) is 13.4. The van der Waals surface area contributed by atoms with E-state index in [1.54, 1.807) is 60.5 Å². The van der Waals surface area contributed by atoms with Crippen LogP contribution in [-0.2, 0) is 0 Å². The minimum Gasteiger partial charge on any atom is -0.508 e. The summed E-state index contributed by atoms with van der Waals surface area (Å²) in [5, 5.41) is 12.7. The molecule has 0 aromatic heterocycles. The Bertz CT molecular complexity index is 611. The highest BCUT2D eigenvalue weighted by Gasteiger charge is 2.17.